The number of hydrogen-bond acceptors (Lipinski definition) is 2. The summed E-state index contributed by atoms with van der Waals surface area (Å²) in [6, 6.07) is 14.9. The fourth-order valence-corrected chi connectivity index (χ4v) is 3.22. The highest BCUT2D eigenvalue weighted by atomic mass is 35.5. The number of halogens is 2. The van der Waals surface area contributed by atoms with Crippen molar-refractivity contribution in [3.63, 3.8) is 0 Å². The predicted octanol–water partition coefficient (Wildman–Crippen LogP) is 4.08. The van der Waals surface area contributed by atoms with Crippen LogP contribution in [0.5, 0.6) is 0 Å². The topological polar surface area (TPSA) is 63.4 Å². The van der Waals surface area contributed by atoms with Crippen molar-refractivity contribution in [2.75, 3.05) is 6.54 Å². The van der Waals surface area contributed by atoms with Crippen LogP contribution in [0.2, 0.25) is 10.0 Å². The number of amides is 2. The Balaban J connectivity index is 2.11. The Morgan fingerprint density at radius 1 is 1.12 bits per heavy atom. The highest BCUT2D eigenvalue weighted by Crippen LogP contribution is 2.24. The van der Waals surface area contributed by atoms with Crippen molar-refractivity contribution in [3.8, 4) is 0 Å². The summed E-state index contributed by atoms with van der Waals surface area (Å²) in [7, 11) is 0. The summed E-state index contributed by atoms with van der Waals surface area (Å²) in [5, 5.41) is 1.11. The van der Waals surface area contributed by atoms with E-state index in [0.717, 1.165) is 11.1 Å². The lowest BCUT2D eigenvalue weighted by atomic mass is 9.99. The maximum atomic E-state index is 12.9. The number of primary amides is 1. The Kier molecular flexibility index (Phi) is 7.49. The van der Waals surface area contributed by atoms with Crippen molar-refractivity contribution in [2.45, 2.75) is 26.3 Å². The molecule has 1 atom stereocenters. The van der Waals surface area contributed by atoms with E-state index in [1.807, 2.05) is 43.3 Å². The first-order chi connectivity index (χ1) is 12.4. The van der Waals surface area contributed by atoms with Crippen LogP contribution >= 0.6 is 23.2 Å². The molecule has 0 fully saturated rings. The van der Waals surface area contributed by atoms with Gasteiger partial charge in [-0.25, -0.2) is 0 Å². The molecule has 138 valence electrons. The van der Waals surface area contributed by atoms with Crippen molar-refractivity contribution in [3.05, 3.63) is 69.7 Å². The lowest BCUT2D eigenvalue weighted by Gasteiger charge is -2.26. The van der Waals surface area contributed by atoms with Crippen LogP contribution in [0, 0.1) is 5.92 Å². The third-order valence-electron chi connectivity index (χ3n) is 4.12. The molecule has 2 aromatic carbocycles. The molecule has 2 aromatic rings. The van der Waals surface area contributed by atoms with E-state index in [0.29, 0.717) is 29.6 Å². The minimum absolute atomic E-state index is 0.0406. The van der Waals surface area contributed by atoms with Gasteiger partial charge in [0.2, 0.25) is 11.8 Å². The van der Waals surface area contributed by atoms with Gasteiger partial charge in [0.1, 0.15) is 0 Å². The zero-order chi connectivity index (χ0) is 19.1. The Hall–Kier alpha value is -2.04. The first-order valence-corrected chi connectivity index (χ1v) is 9.17. The minimum atomic E-state index is -0.427. The van der Waals surface area contributed by atoms with E-state index in [1.54, 1.807) is 17.0 Å². The Labute approximate surface area is 163 Å². The quantitative estimate of drug-likeness (QED) is 0.735. The maximum Gasteiger partial charge on any atom is 0.226 e. The van der Waals surface area contributed by atoms with E-state index in [2.05, 4.69) is 0 Å². The van der Waals surface area contributed by atoms with Crippen LogP contribution in [0.4, 0.5) is 0 Å². The molecule has 0 bridgehead atoms. The number of nitrogens with two attached hydrogens (primary N) is 1. The van der Waals surface area contributed by atoms with Crippen molar-refractivity contribution in [1.29, 1.82) is 0 Å². The number of carbonyl (C=O) groups excluding carboxylic acids is 2. The molecule has 0 aliphatic heterocycles. The third kappa shape index (κ3) is 6.04. The molecular formula is C20H22Cl2N2O2. The normalized spacial score (nSPS) is 11.8. The van der Waals surface area contributed by atoms with Crippen molar-refractivity contribution in [2.24, 2.45) is 11.7 Å². The molecular weight excluding hydrogens is 371 g/mol. The Morgan fingerprint density at radius 2 is 1.81 bits per heavy atom. The van der Waals surface area contributed by atoms with Gasteiger partial charge in [-0.1, -0.05) is 66.5 Å². The minimum Gasteiger partial charge on any atom is -0.370 e. The SMILES string of the molecule is CC(Cc1ccc(Cl)cc1Cl)C(=O)N(CCC(N)=O)Cc1ccccc1. The van der Waals surface area contributed by atoms with Gasteiger partial charge in [-0.2, -0.15) is 0 Å². The molecule has 0 aromatic heterocycles. The third-order valence-corrected chi connectivity index (χ3v) is 4.71. The fraction of sp³-hybridized carbons (Fsp3) is 0.300. The van der Waals surface area contributed by atoms with Crippen molar-refractivity contribution >= 4 is 35.0 Å². The van der Waals surface area contributed by atoms with E-state index >= 15 is 0 Å². The smallest absolute Gasteiger partial charge is 0.226 e. The first kappa shape index (κ1) is 20.3. The van der Waals surface area contributed by atoms with Crippen LogP contribution in [-0.4, -0.2) is 23.3 Å². The molecule has 26 heavy (non-hydrogen) atoms. The molecule has 2 N–H and O–H groups in total. The average molecular weight is 393 g/mol. The second-order valence-electron chi connectivity index (χ2n) is 6.30. The molecule has 2 rings (SSSR count). The van der Waals surface area contributed by atoms with E-state index in [4.69, 9.17) is 28.9 Å². The molecule has 1 unspecified atom stereocenters. The van der Waals surface area contributed by atoms with Gasteiger partial charge in [-0.3, -0.25) is 9.59 Å². The van der Waals surface area contributed by atoms with Crippen LogP contribution < -0.4 is 5.73 Å². The molecule has 0 saturated heterocycles. The van der Waals surface area contributed by atoms with Gasteiger partial charge in [0.15, 0.2) is 0 Å². The van der Waals surface area contributed by atoms with Crippen LogP contribution in [0.15, 0.2) is 48.5 Å². The maximum absolute atomic E-state index is 12.9. The zero-order valence-corrected chi connectivity index (χ0v) is 16.1. The average Bonchev–Trinajstić information content (AvgIpc) is 2.61. The van der Waals surface area contributed by atoms with Gasteiger partial charge in [-0.05, 0) is 29.7 Å². The molecule has 0 aliphatic rings. The van der Waals surface area contributed by atoms with Gasteiger partial charge in [0.05, 0.1) is 0 Å². The van der Waals surface area contributed by atoms with E-state index < -0.39 is 5.91 Å². The molecule has 6 heteroatoms. The fourth-order valence-electron chi connectivity index (χ4n) is 2.73. The lowest BCUT2D eigenvalue weighted by Crippen LogP contribution is -2.37. The van der Waals surface area contributed by atoms with Crippen molar-refractivity contribution in [1.82, 2.24) is 4.90 Å². The van der Waals surface area contributed by atoms with E-state index in [9.17, 15) is 9.59 Å². The molecule has 0 heterocycles. The number of rotatable bonds is 8. The first-order valence-electron chi connectivity index (χ1n) is 8.41. The molecule has 0 aliphatic carbocycles. The highest BCUT2D eigenvalue weighted by Gasteiger charge is 2.22. The molecule has 0 spiro atoms. The van der Waals surface area contributed by atoms with Crippen LogP contribution in [0.25, 0.3) is 0 Å². The summed E-state index contributed by atoms with van der Waals surface area (Å²) < 4.78 is 0. The van der Waals surface area contributed by atoms with Crippen LogP contribution in [0.3, 0.4) is 0 Å². The van der Waals surface area contributed by atoms with Gasteiger partial charge in [-0.15, -0.1) is 0 Å². The Morgan fingerprint density at radius 3 is 2.42 bits per heavy atom. The van der Waals surface area contributed by atoms with Gasteiger partial charge >= 0.3 is 0 Å². The molecule has 2 amide bonds. The number of benzene rings is 2. The summed E-state index contributed by atoms with van der Waals surface area (Å²) in [5.41, 5.74) is 7.13. The van der Waals surface area contributed by atoms with E-state index in [-0.39, 0.29) is 18.2 Å². The van der Waals surface area contributed by atoms with Crippen LogP contribution in [-0.2, 0) is 22.6 Å². The standard InChI is InChI=1S/C20H22Cl2N2O2/c1-14(11-16-7-8-17(21)12-18(16)22)20(26)24(10-9-19(23)25)13-15-5-3-2-4-6-15/h2-8,12,14H,9-11,13H2,1H3,(H2,23,25). The molecule has 0 saturated carbocycles. The monoisotopic (exact) mass is 392 g/mol. The second-order valence-corrected chi connectivity index (χ2v) is 7.15. The summed E-state index contributed by atoms with van der Waals surface area (Å²) in [6.07, 6.45) is 0.629. The van der Waals surface area contributed by atoms with Crippen LogP contribution in [0.1, 0.15) is 24.5 Å². The van der Waals surface area contributed by atoms with Crippen molar-refractivity contribution < 1.29 is 9.59 Å². The second kappa shape index (κ2) is 9.60. The highest BCUT2D eigenvalue weighted by molar-refractivity contribution is 6.35. The largest absolute Gasteiger partial charge is 0.370 e. The van der Waals surface area contributed by atoms with Gasteiger partial charge < -0.3 is 10.6 Å². The Bertz CT molecular complexity index is 766. The number of nitrogens with zero attached hydrogens (tertiary/aromatic N) is 1. The zero-order valence-electron chi connectivity index (χ0n) is 14.6. The summed E-state index contributed by atoms with van der Waals surface area (Å²) in [4.78, 5) is 25.8. The number of carbonyl (C=O) groups is 2. The van der Waals surface area contributed by atoms with Gasteiger partial charge in [0.25, 0.3) is 0 Å². The van der Waals surface area contributed by atoms with E-state index in [1.165, 1.54) is 0 Å². The molecule has 4 nitrogen and oxygen atoms in total. The predicted molar refractivity (Wildman–Crippen MR) is 105 cm³/mol. The molecule has 0 radical (unpaired) electrons. The summed E-state index contributed by atoms with van der Waals surface area (Å²) in [5.74, 6) is -0.754. The lowest BCUT2D eigenvalue weighted by molar-refractivity contribution is -0.136. The van der Waals surface area contributed by atoms with Gasteiger partial charge in [0, 0.05) is 35.5 Å². The summed E-state index contributed by atoms with van der Waals surface area (Å²) >= 11 is 12.1. The number of hydrogen-bond donors (Lipinski definition) is 1. The summed E-state index contributed by atoms with van der Waals surface area (Å²) in [6.45, 7) is 2.59.